The Balaban J connectivity index is 2.52. The summed E-state index contributed by atoms with van der Waals surface area (Å²) in [6.07, 6.45) is 2.01. The summed E-state index contributed by atoms with van der Waals surface area (Å²) in [7, 11) is -1.33. The quantitative estimate of drug-likeness (QED) is 0.546. The molecule has 0 saturated carbocycles. The molecule has 1 aromatic rings. The number of sulfone groups is 1. The highest BCUT2D eigenvalue weighted by Gasteiger charge is 2.04. The van der Waals surface area contributed by atoms with Gasteiger partial charge < -0.3 is 15.4 Å². The molecule has 0 heterocycles. The van der Waals surface area contributed by atoms with Crippen molar-refractivity contribution in [3.8, 4) is 5.75 Å². The number of methoxy groups -OCH3 is 1. The largest absolute Gasteiger partial charge is 0.496 e. The zero-order valence-corrected chi connectivity index (χ0v) is 14.2. The number of nitrogens with one attached hydrogen (secondary N) is 2. The van der Waals surface area contributed by atoms with Crippen LogP contribution in [0.3, 0.4) is 0 Å². The first kappa shape index (κ1) is 18.3. The van der Waals surface area contributed by atoms with Crippen molar-refractivity contribution in [1.29, 1.82) is 0 Å². The second-order valence-electron chi connectivity index (χ2n) is 4.88. The molecule has 0 spiro atoms. The van der Waals surface area contributed by atoms with Gasteiger partial charge in [0.2, 0.25) is 0 Å². The van der Waals surface area contributed by atoms with Crippen molar-refractivity contribution in [2.75, 3.05) is 38.8 Å². The third-order valence-electron chi connectivity index (χ3n) is 2.96. The molecule has 0 fully saturated rings. The SMILES string of the molecule is CCNC(=NCCS(C)(=O)=O)NCCc1ccccc1OC. The Bertz CT molecular complexity index is 585. The minimum atomic E-state index is -2.99. The minimum absolute atomic E-state index is 0.0517. The Kier molecular flexibility index (Phi) is 7.73. The van der Waals surface area contributed by atoms with Gasteiger partial charge in [0.15, 0.2) is 5.96 Å². The summed E-state index contributed by atoms with van der Waals surface area (Å²) >= 11 is 0. The molecule has 0 aromatic heterocycles. The van der Waals surface area contributed by atoms with Gasteiger partial charge in [-0.25, -0.2) is 8.42 Å². The van der Waals surface area contributed by atoms with E-state index in [2.05, 4.69) is 15.6 Å². The third-order valence-corrected chi connectivity index (χ3v) is 3.88. The second-order valence-corrected chi connectivity index (χ2v) is 7.14. The molecule has 0 aliphatic rings. The number of para-hydroxylation sites is 1. The smallest absolute Gasteiger partial charge is 0.191 e. The predicted molar refractivity (Wildman–Crippen MR) is 90.4 cm³/mol. The van der Waals surface area contributed by atoms with Crippen molar-refractivity contribution in [3.63, 3.8) is 0 Å². The first-order valence-electron chi connectivity index (χ1n) is 7.28. The molecule has 0 atom stereocenters. The van der Waals surface area contributed by atoms with Crippen LogP contribution in [0.4, 0.5) is 0 Å². The summed E-state index contributed by atoms with van der Waals surface area (Å²) in [6.45, 7) is 3.63. The van der Waals surface area contributed by atoms with Crippen molar-refractivity contribution in [2.24, 2.45) is 4.99 Å². The summed E-state index contributed by atoms with van der Waals surface area (Å²) < 4.78 is 27.5. The van der Waals surface area contributed by atoms with E-state index < -0.39 is 9.84 Å². The van der Waals surface area contributed by atoms with E-state index in [1.165, 1.54) is 6.26 Å². The molecular formula is C15H25N3O3S. The van der Waals surface area contributed by atoms with Gasteiger partial charge in [-0.2, -0.15) is 0 Å². The molecule has 0 saturated heterocycles. The average molecular weight is 327 g/mol. The van der Waals surface area contributed by atoms with Crippen LogP contribution in [-0.4, -0.2) is 53.1 Å². The second kappa shape index (κ2) is 9.30. The molecule has 1 aromatic carbocycles. The Morgan fingerprint density at radius 2 is 2.00 bits per heavy atom. The first-order valence-corrected chi connectivity index (χ1v) is 9.34. The Hall–Kier alpha value is -1.76. The Labute approximate surface area is 132 Å². The highest BCUT2D eigenvalue weighted by Crippen LogP contribution is 2.17. The molecule has 22 heavy (non-hydrogen) atoms. The van der Waals surface area contributed by atoms with Crippen LogP contribution >= 0.6 is 0 Å². The lowest BCUT2D eigenvalue weighted by Gasteiger charge is -2.12. The van der Waals surface area contributed by atoms with Crippen LogP contribution in [0.25, 0.3) is 0 Å². The van der Waals surface area contributed by atoms with Crippen molar-refractivity contribution < 1.29 is 13.2 Å². The van der Waals surface area contributed by atoms with Gasteiger partial charge in [0.25, 0.3) is 0 Å². The molecule has 124 valence electrons. The van der Waals surface area contributed by atoms with E-state index in [1.807, 2.05) is 31.2 Å². The van der Waals surface area contributed by atoms with Crippen LogP contribution in [-0.2, 0) is 16.3 Å². The van der Waals surface area contributed by atoms with Gasteiger partial charge in [0, 0.05) is 19.3 Å². The topological polar surface area (TPSA) is 79.8 Å². The maximum Gasteiger partial charge on any atom is 0.191 e. The van der Waals surface area contributed by atoms with Crippen LogP contribution in [0.5, 0.6) is 5.75 Å². The van der Waals surface area contributed by atoms with E-state index >= 15 is 0 Å². The lowest BCUT2D eigenvalue weighted by molar-refractivity contribution is 0.409. The van der Waals surface area contributed by atoms with E-state index in [-0.39, 0.29) is 12.3 Å². The average Bonchev–Trinajstić information content (AvgIpc) is 2.46. The molecule has 1 rings (SSSR count). The molecule has 0 bridgehead atoms. The number of aliphatic imine (C=N–C) groups is 1. The monoisotopic (exact) mass is 327 g/mol. The van der Waals surface area contributed by atoms with Gasteiger partial charge in [0.1, 0.15) is 15.6 Å². The van der Waals surface area contributed by atoms with Crippen LogP contribution in [0.2, 0.25) is 0 Å². The van der Waals surface area contributed by atoms with Gasteiger partial charge in [0.05, 0.1) is 19.4 Å². The molecule has 0 aliphatic carbocycles. The standard InChI is InChI=1S/C15H25N3O3S/c1-4-16-15(18-11-12-22(3,19)20)17-10-9-13-7-5-6-8-14(13)21-2/h5-8H,4,9-12H2,1-3H3,(H2,16,17,18). The number of rotatable bonds is 8. The fraction of sp³-hybridized carbons (Fsp3) is 0.533. The molecule has 2 N–H and O–H groups in total. The van der Waals surface area contributed by atoms with Crippen LogP contribution in [0.15, 0.2) is 29.3 Å². The van der Waals surface area contributed by atoms with Gasteiger partial charge >= 0.3 is 0 Å². The highest BCUT2D eigenvalue weighted by atomic mass is 32.2. The zero-order chi connectivity index (χ0) is 16.4. The normalized spacial score (nSPS) is 12.0. The summed E-state index contributed by atoms with van der Waals surface area (Å²) in [5, 5.41) is 6.29. The Morgan fingerprint density at radius 1 is 1.27 bits per heavy atom. The molecule has 0 amide bonds. The maximum atomic E-state index is 11.1. The van der Waals surface area contributed by atoms with Crippen molar-refractivity contribution >= 4 is 15.8 Å². The fourth-order valence-corrected chi connectivity index (χ4v) is 2.31. The van der Waals surface area contributed by atoms with Gasteiger partial charge in [-0.3, -0.25) is 4.99 Å². The summed E-state index contributed by atoms with van der Waals surface area (Å²) in [5.74, 6) is 1.54. The third kappa shape index (κ3) is 7.31. The van der Waals surface area contributed by atoms with Gasteiger partial charge in [-0.1, -0.05) is 18.2 Å². The maximum absolute atomic E-state index is 11.1. The summed E-state index contributed by atoms with van der Waals surface area (Å²) in [5.41, 5.74) is 1.12. The lowest BCUT2D eigenvalue weighted by Crippen LogP contribution is -2.38. The van der Waals surface area contributed by atoms with Gasteiger partial charge in [-0.05, 0) is 25.0 Å². The highest BCUT2D eigenvalue weighted by molar-refractivity contribution is 7.90. The van der Waals surface area contributed by atoms with Crippen LogP contribution < -0.4 is 15.4 Å². The van der Waals surface area contributed by atoms with E-state index in [1.54, 1.807) is 7.11 Å². The molecule has 0 radical (unpaired) electrons. The summed E-state index contributed by atoms with van der Waals surface area (Å²) in [4.78, 5) is 4.26. The number of guanidine groups is 1. The number of hydrogen-bond donors (Lipinski definition) is 2. The predicted octanol–water partition coefficient (Wildman–Crippen LogP) is 0.837. The van der Waals surface area contributed by atoms with E-state index in [0.29, 0.717) is 12.5 Å². The Morgan fingerprint density at radius 3 is 2.64 bits per heavy atom. The fourth-order valence-electron chi connectivity index (χ4n) is 1.89. The molecule has 0 unspecified atom stereocenters. The van der Waals surface area contributed by atoms with E-state index in [9.17, 15) is 8.42 Å². The van der Waals surface area contributed by atoms with Crippen LogP contribution in [0, 0.1) is 0 Å². The van der Waals surface area contributed by atoms with Crippen molar-refractivity contribution in [3.05, 3.63) is 29.8 Å². The van der Waals surface area contributed by atoms with Crippen molar-refractivity contribution in [2.45, 2.75) is 13.3 Å². The molecular weight excluding hydrogens is 302 g/mol. The first-order chi connectivity index (χ1) is 10.5. The molecule has 7 heteroatoms. The summed E-state index contributed by atoms with van der Waals surface area (Å²) in [6, 6.07) is 7.87. The van der Waals surface area contributed by atoms with Gasteiger partial charge in [-0.15, -0.1) is 0 Å². The van der Waals surface area contributed by atoms with Crippen molar-refractivity contribution in [1.82, 2.24) is 10.6 Å². The number of hydrogen-bond acceptors (Lipinski definition) is 4. The lowest BCUT2D eigenvalue weighted by atomic mass is 10.1. The number of ether oxygens (including phenoxy) is 1. The molecule has 6 nitrogen and oxygen atoms in total. The molecule has 0 aliphatic heterocycles. The van der Waals surface area contributed by atoms with E-state index in [0.717, 1.165) is 24.3 Å². The zero-order valence-electron chi connectivity index (χ0n) is 13.4. The minimum Gasteiger partial charge on any atom is -0.496 e. The van der Waals surface area contributed by atoms with Crippen LogP contribution in [0.1, 0.15) is 12.5 Å². The van der Waals surface area contributed by atoms with E-state index in [4.69, 9.17) is 4.74 Å². The number of nitrogens with zero attached hydrogens (tertiary/aromatic N) is 1. The number of benzene rings is 1.